The molecule has 7 heteroatoms. The summed E-state index contributed by atoms with van der Waals surface area (Å²) in [4.78, 5) is 0. The van der Waals surface area contributed by atoms with E-state index in [0.29, 0.717) is 15.8 Å². The van der Waals surface area contributed by atoms with Crippen molar-refractivity contribution in [3.8, 4) is 11.4 Å². The van der Waals surface area contributed by atoms with Gasteiger partial charge in [-0.2, -0.15) is 0 Å². The van der Waals surface area contributed by atoms with Gasteiger partial charge in [0.15, 0.2) is 5.16 Å². The van der Waals surface area contributed by atoms with Crippen LogP contribution >= 0.6 is 35.0 Å². The number of thioether (sulfide) groups is 1. The van der Waals surface area contributed by atoms with Gasteiger partial charge in [-0.1, -0.05) is 53.2 Å². The zero-order valence-electron chi connectivity index (χ0n) is 12.2. The molecule has 3 aromatic rings. The van der Waals surface area contributed by atoms with Crippen LogP contribution in [0.5, 0.6) is 5.75 Å². The van der Waals surface area contributed by atoms with Crippen LogP contribution in [0, 0.1) is 0 Å². The van der Waals surface area contributed by atoms with Gasteiger partial charge in [0.25, 0.3) is 0 Å². The summed E-state index contributed by atoms with van der Waals surface area (Å²) in [6.07, 6.45) is 1.66. The van der Waals surface area contributed by atoms with Crippen LogP contribution in [0.3, 0.4) is 0 Å². The molecule has 0 radical (unpaired) electrons. The maximum absolute atomic E-state index is 6.21. The zero-order chi connectivity index (χ0) is 16.2. The van der Waals surface area contributed by atoms with Crippen molar-refractivity contribution in [1.82, 2.24) is 14.8 Å². The summed E-state index contributed by atoms with van der Waals surface area (Å²) in [5.74, 6) is 1.36. The Labute approximate surface area is 148 Å². The third kappa shape index (κ3) is 3.47. The second-order valence-corrected chi connectivity index (χ2v) is 6.40. The number of rotatable bonds is 5. The molecule has 0 aliphatic heterocycles. The van der Waals surface area contributed by atoms with Crippen LogP contribution in [0.4, 0.5) is 0 Å². The minimum atomic E-state index is 0.604. The van der Waals surface area contributed by atoms with E-state index in [0.717, 1.165) is 22.2 Å². The summed E-state index contributed by atoms with van der Waals surface area (Å²) in [5.41, 5.74) is 1.77. The number of ether oxygens (including phenoxy) is 1. The average Bonchev–Trinajstić information content (AvgIpc) is 3.02. The van der Waals surface area contributed by atoms with Crippen LogP contribution in [-0.2, 0) is 5.75 Å². The SMILES string of the molecule is COc1ccccc1-n1cnnc1SCc1c(Cl)cccc1Cl. The molecule has 0 amide bonds. The van der Waals surface area contributed by atoms with Crippen molar-refractivity contribution in [2.75, 3.05) is 7.11 Å². The van der Waals surface area contributed by atoms with E-state index in [-0.39, 0.29) is 0 Å². The number of hydrogen-bond acceptors (Lipinski definition) is 4. The molecule has 0 aliphatic carbocycles. The molecule has 1 aromatic heterocycles. The van der Waals surface area contributed by atoms with Gasteiger partial charge in [0.1, 0.15) is 12.1 Å². The molecule has 23 heavy (non-hydrogen) atoms. The zero-order valence-corrected chi connectivity index (χ0v) is 14.6. The van der Waals surface area contributed by atoms with E-state index in [2.05, 4.69) is 10.2 Å². The molecule has 3 rings (SSSR count). The Balaban J connectivity index is 1.87. The maximum Gasteiger partial charge on any atom is 0.196 e. The first-order valence-corrected chi connectivity index (χ1v) is 8.54. The first-order valence-electron chi connectivity index (χ1n) is 6.80. The van der Waals surface area contributed by atoms with Crippen molar-refractivity contribution in [3.05, 3.63) is 64.4 Å². The fourth-order valence-electron chi connectivity index (χ4n) is 2.12. The molecular formula is C16H13Cl2N3OS. The lowest BCUT2D eigenvalue weighted by Gasteiger charge is -2.11. The molecule has 0 unspecified atom stereocenters. The average molecular weight is 366 g/mol. The lowest BCUT2D eigenvalue weighted by molar-refractivity contribution is 0.412. The van der Waals surface area contributed by atoms with Crippen LogP contribution in [0.1, 0.15) is 5.56 Å². The highest BCUT2D eigenvalue weighted by atomic mass is 35.5. The van der Waals surface area contributed by atoms with Crippen molar-refractivity contribution < 1.29 is 4.74 Å². The van der Waals surface area contributed by atoms with Gasteiger partial charge >= 0.3 is 0 Å². The van der Waals surface area contributed by atoms with E-state index in [1.165, 1.54) is 11.8 Å². The Bertz CT molecular complexity index is 802. The van der Waals surface area contributed by atoms with Crippen LogP contribution in [0.2, 0.25) is 10.0 Å². The van der Waals surface area contributed by atoms with Crippen molar-refractivity contribution in [2.24, 2.45) is 0 Å². The summed E-state index contributed by atoms with van der Waals surface area (Å²) in [6, 6.07) is 13.2. The monoisotopic (exact) mass is 365 g/mol. The van der Waals surface area contributed by atoms with Crippen molar-refractivity contribution in [2.45, 2.75) is 10.9 Å². The molecule has 2 aromatic carbocycles. The minimum absolute atomic E-state index is 0.604. The molecule has 118 valence electrons. The topological polar surface area (TPSA) is 39.9 Å². The molecule has 0 saturated heterocycles. The largest absolute Gasteiger partial charge is 0.495 e. The highest BCUT2D eigenvalue weighted by molar-refractivity contribution is 7.98. The van der Waals surface area contributed by atoms with E-state index in [9.17, 15) is 0 Å². The normalized spacial score (nSPS) is 10.7. The number of hydrogen-bond donors (Lipinski definition) is 0. The summed E-state index contributed by atoms with van der Waals surface area (Å²) in [6.45, 7) is 0. The first kappa shape index (κ1) is 16.2. The molecule has 4 nitrogen and oxygen atoms in total. The molecule has 0 spiro atoms. The summed E-state index contributed by atoms with van der Waals surface area (Å²) in [7, 11) is 1.64. The summed E-state index contributed by atoms with van der Waals surface area (Å²) < 4.78 is 7.28. The van der Waals surface area contributed by atoms with E-state index < -0.39 is 0 Å². The highest BCUT2D eigenvalue weighted by Gasteiger charge is 2.13. The van der Waals surface area contributed by atoms with Crippen LogP contribution in [0.25, 0.3) is 5.69 Å². The molecule has 0 atom stereocenters. The Morgan fingerprint density at radius 2 is 1.83 bits per heavy atom. The predicted octanol–water partition coefficient (Wildman–Crippen LogP) is 4.88. The Hall–Kier alpha value is -1.69. The van der Waals surface area contributed by atoms with Crippen molar-refractivity contribution in [1.29, 1.82) is 0 Å². The molecule has 0 bridgehead atoms. The quantitative estimate of drug-likeness (QED) is 0.604. The minimum Gasteiger partial charge on any atom is -0.495 e. The second kappa shape index (κ2) is 7.25. The van der Waals surface area contributed by atoms with E-state index in [1.807, 2.05) is 47.0 Å². The number of nitrogens with zero attached hydrogens (tertiary/aromatic N) is 3. The van der Waals surface area contributed by atoms with Gasteiger partial charge in [-0.3, -0.25) is 4.57 Å². The van der Waals surface area contributed by atoms with E-state index in [4.69, 9.17) is 27.9 Å². The van der Waals surface area contributed by atoms with Crippen LogP contribution < -0.4 is 4.74 Å². The van der Waals surface area contributed by atoms with Gasteiger partial charge in [0.2, 0.25) is 0 Å². The maximum atomic E-state index is 6.21. The van der Waals surface area contributed by atoms with Gasteiger partial charge in [0.05, 0.1) is 12.8 Å². The van der Waals surface area contributed by atoms with Crippen molar-refractivity contribution >= 4 is 35.0 Å². The number of halogens is 2. The summed E-state index contributed by atoms with van der Waals surface area (Å²) in [5, 5.41) is 10.2. The molecule has 0 fully saturated rings. The van der Waals surface area contributed by atoms with Gasteiger partial charge < -0.3 is 4.74 Å². The third-order valence-electron chi connectivity index (χ3n) is 3.27. The van der Waals surface area contributed by atoms with Gasteiger partial charge in [0, 0.05) is 15.8 Å². The number of aromatic nitrogens is 3. The third-order valence-corrected chi connectivity index (χ3v) is 4.95. The van der Waals surface area contributed by atoms with Gasteiger partial charge in [-0.15, -0.1) is 10.2 Å². The first-order chi connectivity index (χ1) is 11.2. The second-order valence-electron chi connectivity index (χ2n) is 4.64. The molecule has 0 saturated carbocycles. The lowest BCUT2D eigenvalue weighted by atomic mass is 10.2. The molecular weight excluding hydrogens is 353 g/mol. The summed E-state index contributed by atoms with van der Waals surface area (Å²) >= 11 is 13.9. The smallest absolute Gasteiger partial charge is 0.196 e. The molecule has 0 aliphatic rings. The highest BCUT2D eigenvalue weighted by Crippen LogP contribution is 2.32. The lowest BCUT2D eigenvalue weighted by Crippen LogP contribution is -1.99. The number of para-hydroxylation sites is 2. The fourth-order valence-corrected chi connectivity index (χ4v) is 3.79. The number of methoxy groups -OCH3 is 1. The Morgan fingerprint density at radius 3 is 2.57 bits per heavy atom. The fraction of sp³-hybridized carbons (Fsp3) is 0.125. The van der Waals surface area contributed by atoms with E-state index in [1.54, 1.807) is 13.4 Å². The van der Waals surface area contributed by atoms with Crippen LogP contribution in [0.15, 0.2) is 53.9 Å². The van der Waals surface area contributed by atoms with Gasteiger partial charge in [-0.05, 0) is 29.8 Å². The van der Waals surface area contributed by atoms with Crippen LogP contribution in [-0.4, -0.2) is 21.9 Å². The Morgan fingerprint density at radius 1 is 1.09 bits per heavy atom. The standard InChI is InChI=1S/C16H13Cl2N3OS/c1-22-15-8-3-2-7-14(15)21-10-19-20-16(21)23-9-11-12(17)5-4-6-13(11)18/h2-8,10H,9H2,1H3. The Kier molecular flexibility index (Phi) is 5.10. The predicted molar refractivity (Wildman–Crippen MR) is 93.9 cm³/mol. The van der Waals surface area contributed by atoms with Crippen molar-refractivity contribution in [3.63, 3.8) is 0 Å². The molecule has 1 heterocycles. The van der Waals surface area contributed by atoms with E-state index >= 15 is 0 Å². The van der Waals surface area contributed by atoms with Gasteiger partial charge in [-0.25, -0.2) is 0 Å². The number of benzene rings is 2. The molecule has 0 N–H and O–H groups in total.